The molecule has 3 heterocycles. The fraction of sp³-hybridized carbons (Fsp3) is 0.158. The number of ether oxygens (including phenoxy) is 1. The van der Waals surface area contributed by atoms with E-state index >= 15 is 0 Å². The summed E-state index contributed by atoms with van der Waals surface area (Å²) >= 11 is 0. The number of rotatable bonds is 4. The second-order valence-corrected chi connectivity index (χ2v) is 6.50. The lowest BCUT2D eigenvalue weighted by atomic mass is 10.1. The molecule has 0 spiro atoms. The van der Waals surface area contributed by atoms with Gasteiger partial charge in [0, 0.05) is 18.9 Å². The largest absolute Gasteiger partial charge is 0.443 e. The van der Waals surface area contributed by atoms with E-state index in [-0.39, 0.29) is 24.5 Å². The molecule has 2 aromatic heterocycles. The summed E-state index contributed by atoms with van der Waals surface area (Å²) in [5.41, 5.74) is 0.789. The van der Waals surface area contributed by atoms with Gasteiger partial charge in [-0.15, -0.1) is 0 Å². The highest BCUT2D eigenvalue weighted by Gasteiger charge is 2.30. The molecule has 2 amide bonds. The van der Waals surface area contributed by atoms with E-state index in [1.54, 1.807) is 10.6 Å². The van der Waals surface area contributed by atoms with E-state index in [2.05, 4.69) is 20.6 Å². The van der Waals surface area contributed by atoms with Crippen LogP contribution < -0.4 is 10.6 Å². The van der Waals surface area contributed by atoms with E-state index in [0.29, 0.717) is 16.9 Å². The van der Waals surface area contributed by atoms with Gasteiger partial charge >= 0.3 is 12.3 Å². The van der Waals surface area contributed by atoms with Gasteiger partial charge in [0.15, 0.2) is 5.82 Å². The quantitative estimate of drug-likeness (QED) is 0.675. The number of nitrogens with one attached hydrogen (secondary N) is 2. The number of aromatic nitrogens is 3. The summed E-state index contributed by atoms with van der Waals surface area (Å²) in [7, 11) is 0. The van der Waals surface area contributed by atoms with Gasteiger partial charge in [-0.1, -0.05) is 12.1 Å². The van der Waals surface area contributed by atoms with Crippen molar-refractivity contribution < 1.29 is 27.5 Å². The molecule has 0 saturated heterocycles. The number of alkyl halides is 3. The Morgan fingerprint density at radius 3 is 2.90 bits per heavy atom. The average Bonchev–Trinajstić information content (AvgIpc) is 3.13. The number of halogens is 3. The number of carbonyl (C=O) groups is 2. The molecule has 0 bridgehead atoms. The van der Waals surface area contributed by atoms with Gasteiger partial charge in [0.05, 0.1) is 23.1 Å². The molecule has 30 heavy (non-hydrogen) atoms. The van der Waals surface area contributed by atoms with E-state index in [4.69, 9.17) is 4.74 Å². The van der Waals surface area contributed by atoms with Crippen LogP contribution in [0.1, 0.15) is 27.2 Å². The zero-order chi connectivity index (χ0) is 21.3. The van der Waals surface area contributed by atoms with Gasteiger partial charge in [-0.05, 0) is 23.8 Å². The van der Waals surface area contributed by atoms with Crippen LogP contribution in [0, 0.1) is 0 Å². The molecule has 1 aromatic carbocycles. The van der Waals surface area contributed by atoms with Crippen LogP contribution in [-0.4, -0.2) is 26.5 Å². The van der Waals surface area contributed by atoms with Crippen molar-refractivity contribution >= 4 is 23.5 Å². The van der Waals surface area contributed by atoms with Crippen molar-refractivity contribution in [3.8, 4) is 0 Å². The van der Waals surface area contributed by atoms with E-state index in [9.17, 15) is 22.8 Å². The summed E-state index contributed by atoms with van der Waals surface area (Å²) in [6.45, 7) is 0.169. The molecule has 0 unspecified atom stereocenters. The van der Waals surface area contributed by atoms with Gasteiger partial charge in [-0.25, -0.2) is 9.78 Å². The predicted octanol–water partition coefficient (Wildman–Crippen LogP) is 3.66. The van der Waals surface area contributed by atoms with Gasteiger partial charge in [0.25, 0.3) is 5.91 Å². The van der Waals surface area contributed by atoms with E-state index in [1.807, 2.05) is 0 Å². The Hall–Kier alpha value is -3.89. The molecule has 2 N–H and O–H groups in total. The highest BCUT2D eigenvalue weighted by molar-refractivity contribution is 6.04. The molecular formula is C19H14F3N5O3. The van der Waals surface area contributed by atoms with Crippen LogP contribution >= 0.6 is 0 Å². The van der Waals surface area contributed by atoms with Crippen molar-refractivity contribution in [2.24, 2.45) is 0 Å². The Morgan fingerprint density at radius 2 is 2.10 bits per heavy atom. The number of hydrogen-bond acceptors (Lipinski definition) is 5. The third kappa shape index (κ3) is 4.24. The molecule has 8 nitrogen and oxygen atoms in total. The summed E-state index contributed by atoms with van der Waals surface area (Å²) < 4.78 is 44.9. The van der Waals surface area contributed by atoms with E-state index in [0.717, 1.165) is 12.1 Å². The zero-order valence-electron chi connectivity index (χ0n) is 15.2. The number of carbonyl (C=O) groups excluding carboxylic acids is 2. The van der Waals surface area contributed by atoms with E-state index < -0.39 is 23.7 Å². The SMILES string of the molecule is O=C1Nc2cc(C(=O)Nc3cn(Cc4cccc(C(F)(F)F)c4)cn3)cnc2CO1. The van der Waals surface area contributed by atoms with Gasteiger partial charge in [-0.2, -0.15) is 13.2 Å². The maximum atomic E-state index is 12.8. The smallest absolute Gasteiger partial charge is 0.416 e. The highest BCUT2D eigenvalue weighted by atomic mass is 19.4. The van der Waals surface area contributed by atoms with Crippen LogP contribution in [0.15, 0.2) is 49.1 Å². The van der Waals surface area contributed by atoms with Crippen LogP contribution in [0.2, 0.25) is 0 Å². The molecular weight excluding hydrogens is 403 g/mol. The van der Waals surface area contributed by atoms with Crippen molar-refractivity contribution in [3.63, 3.8) is 0 Å². The van der Waals surface area contributed by atoms with E-state index in [1.165, 1.54) is 30.9 Å². The summed E-state index contributed by atoms with van der Waals surface area (Å²) in [5, 5.41) is 5.05. The molecule has 1 aliphatic heterocycles. The zero-order valence-corrected chi connectivity index (χ0v) is 15.2. The molecule has 11 heteroatoms. The van der Waals surface area contributed by atoms with Gasteiger partial charge < -0.3 is 14.6 Å². The lowest BCUT2D eigenvalue weighted by Crippen LogP contribution is -2.22. The second-order valence-electron chi connectivity index (χ2n) is 6.50. The lowest BCUT2D eigenvalue weighted by Gasteiger charge is -2.16. The number of benzene rings is 1. The number of nitrogens with zero attached hydrogens (tertiary/aromatic N) is 3. The normalized spacial score (nSPS) is 13.2. The molecule has 0 radical (unpaired) electrons. The van der Waals surface area contributed by atoms with Crippen LogP contribution in [0.5, 0.6) is 0 Å². The average molecular weight is 417 g/mol. The maximum Gasteiger partial charge on any atom is 0.416 e. The third-order valence-corrected chi connectivity index (χ3v) is 4.30. The number of pyridine rings is 1. The topological polar surface area (TPSA) is 98.1 Å². The summed E-state index contributed by atoms with van der Waals surface area (Å²) in [6.07, 6.45) is -0.805. The number of cyclic esters (lactones) is 1. The number of fused-ring (bicyclic) bond motifs is 1. The first kappa shape index (κ1) is 19.4. The van der Waals surface area contributed by atoms with Gasteiger partial charge in [0.1, 0.15) is 12.3 Å². The molecule has 0 atom stereocenters. The standard InChI is InChI=1S/C19H14F3N5O3/c20-19(21,22)13-3-1-2-11(4-13)7-27-8-16(24-10-27)26-17(28)12-5-14-15(23-6-12)9-30-18(29)25-14/h1-6,8,10H,7,9H2,(H,25,29)(H,26,28). The molecule has 1 aliphatic rings. The lowest BCUT2D eigenvalue weighted by molar-refractivity contribution is -0.137. The number of amides is 2. The Bertz CT molecular complexity index is 1130. The first-order chi connectivity index (χ1) is 14.3. The predicted molar refractivity (Wildman–Crippen MR) is 98.8 cm³/mol. The molecule has 3 aromatic rings. The van der Waals surface area contributed by atoms with Crippen LogP contribution in [0.25, 0.3) is 0 Å². The Morgan fingerprint density at radius 1 is 1.27 bits per heavy atom. The van der Waals surface area contributed by atoms with Crippen LogP contribution in [0.4, 0.5) is 29.5 Å². The summed E-state index contributed by atoms with van der Waals surface area (Å²) in [4.78, 5) is 31.9. The van der Waals surface area contributed by atoms with Crippen LogP contribution in [-0.2, 0) is 24.1 Å². The molecule has 4 rings (SSSR count). The minimum atomic E-state index is -4.42. The fourth-order valence-corrected chi connectivity index (χ4v) is 2.88. The Kier molecular flexibility index (Phi) is 4.86. The first-order valence-electron chi connectivity index (χ1n) is 8.70. The highest BCUT2D eigenvalue weighted by Crippen LogP contribution is 2.29. The molecule has 0 aliphatic carbocycles. The molecule has 0 fully saturated rings. The number of hydrogen-bond donors (Lipinski definition) is 2. The maximum absolute atomic E-state index is 12.8. The summed E-state index contributed by atoms with van der Waals surface area (Å²) in [6, 6.07) is 6.45. The monoisotopic (exact) mass is 417 g/mol. The van der Waals surface area contributed by atoms with Crippen molar-refractivity contribution in [3.05, 3.63) is 71.4 Å². The Labute approximate surface area is 167 Å². The van der Waals surface area contributed by atoms with Crippen molar-refractivity contribution in [1.82, 2.24) is 14.5 Å². The third-order valence-electron chi connectivity index (χ3n) is 4.30. The van der Waals surface area contributed by atoms with Gasteiger partial charge in [-0.3, -0.25) is 15.1 Å². The minimum absolute atomic E-state index is 0.0169. The van der Waals surface area contributed by atoms with Gasteiger partial charge in [0.2, 0.25) is 0 Å². The molecule has 0 saturated carbocycles. The van der Waals surface area contributed by atoms with Crippen molar-refractivity contribution in [2.45, 2.75) is 19.3 Å². The van der Waals surface area contributed by atoms with Crippen molar-refractivity contribution in [1.29, 1.82) is 0 Å². The summed E-state index contributed by atoms with van der Waals surface area (Å²) in [5.74, 6) is -0.285. The number of imidazole rings is 1. The molecule has 154 valence electrons. The Balaban J connectivity index is 1.44. The number of anilines is 2. The fourth-order valence-electron chi connectivity index (χ4n) is 2.88. The van der Waals surface area contributed by atoms with Crippen LogP contribution in [0.3, 0.4) is 0 Å². The van der Waals surface area contributed by atoms with Crippen molar-refractivity contribution in [2.75, 3.05) is 10.6 Å². The first-order valence-corrected chi connectivity index (χ1v) is 8.70. The second kappa shape index (κ2) is 7.50. The minimum Gasteiger partial charge on any atom is -0.443 e.